The molecular weight excluding hydrogens is 288 g/mol. The van der Waals surface area contributed by atoms with E-state index in [0.29, 0.717) is 37.7 Å². The molecule has 0 aliphatic carbocycles. The number of halogens is 4. The first-order chi connectivity index (χ1) is 9.84. The van der Waals surface area contributed by atoms with Gasteiger partial charge in [-0.1, -0.05) is 0 Å². The number of carbonyl (C=O) groups excluding carboxylic acids is 1. The first-order valence-electron chi connectivity index (χ1n) is 6.73. The predicted molar refractivity (Wildman–Crippen MR) is 69.4 cm³/mol. The second kappa shape index (κ2) is 6.01. The van der Waals surface area contributed by atoms with E-state index in [1.54, 1.807) is 6.92 Å². The van der Waals surface area contributed by atoms with Crippen molar-refractivity contribution >= 4 is 5.91 Å². The van der Waals surface area contributed by atoms with Crippen LogP contribution in [0, 0.1) is 5.82 Å². The van der Waals surface area contributed by atoms with E-state index in [1.165, 1.54) is 4.90 Å². The molecule has 0 aromatic heterocycles. The van der Waals surface area contributed by atoms with Gasteiger partial charge in [-0.15, -0.1) is 0 Å². The highest BCUT2D eigenvalue weighted by Gasteiger charge is 2.33. The van der Waals surface area contributed by atoms with Crippen LogP contribution >= 0.6 is 0 Å². The van der Waals surface area contributed by atoms with Crippen molar-refractivity contribution in [2.75, 3.05) is 19.6 Å². The average Bonchev–Trinajstić information content (AvgIpc) is 2.92. The maximum absolute atomic E-state index is 13.8. The molecule has 1 N–H and O–H groups in total. The van der Waals surface area contributed by atoms with Gasteiger partial charge >= 0.3 is 6.18 Å². The molecule has 3 nitrogen and oxygen atoms in total. The molecule has 0 radical (unpaired) electrons. The highest BCUT2D eigenvalue weighted by atomic mass is 19.4. The molecule has 1 saturated heterocycles. The number of amides is 1. The van der Waals surface area contributed by atoms with Crippen molar-refractivity contribution < 1.29 is 22.4 Å². The van der Waals surface area contributed by atoms with Crippen LogP contribution in [-0.2, 0) is 6.18 Å². The van der Waals surface area contributed by atoms with Crippen molar-refractivity contribution in [3.63, 3.8) is 0 Å². The van der Waals surface area contributed by atoms with Crippen LogP contribution in [0.2, 0.25) is 0 Å². The molecule has 1 unspecified atom stereocenters. The third-order valence-electron chi connectivity index (χ3n) is 3.60. The zero-order valence-corrected chi connectivity index (χ0v) is 11.5. The number of hydrogen-bond acceptors (Lipinski definition) is 2. The number of rotatable bonds is 3. The SMILES string of the molecule is CCN(C(=O)c1cc(C(F)(F)F)ccc1F)C1CCNC1. The summed E-state index contributed by atoms with van der Waals surface area (Å²) in [5.74, 6) is -1.63. The van der Waals surface area contributed by atoms with Crippen molar-refractivity contribution in [2.24, 2.45) is 0 Å². The molecule has 116 valence electrons. The van der Waals surface area contributed by atoms with Gasteiger partial charge in [0.25, 0.3) is 5.91 Å². The van der Waals surface area contributed by atoms with E-state index in [0.717, 1.165) is 6.54 Å². The van der Waals surface area contributed by atoms with Crippen LogP contribution < -0.4 is 5.32 Å². The van der Waals surface area contributed by atoms with Gasteiger partial charge in [0.2, 0.25) is 0 Å². The summed E-state index contributed by atoms with van der Waals surface area (Å²) >= 11 is 0. The van der Waals surface area contributed by atoms with Gasteiger partial charge in [-0.05, 0) is 38.1 Å². The maximum Gasteiger partial charge on any atom is 0.416 e. The molecule has 1 aliphatic heterocycles. The van der Waals surface area contributed by atoms with Crippen molar-refractivity contribution in [1.29, 1.82) is 0 Å². The smallest absolute Gasteiger partial charge is 0.335 e. The minimum atomic E-state index is -4.60. The van der Waals surface area contributed by atoms with Gasteiger partial charge in [0, 0.05) is 19.1 Å². The highest BCUT2D eigenvalue weighted by molar-refractivity contribution is 5.95. The summed E-state index contributed by atoms with van der Waals surface area (Å²) in [6.07, 6.45) is -3.89. The van der Waals surface area contributed by atoms with Crippen LogP contribution in [0.1, 0.15) is 29.3 Å². The van der Waals surface area contributed by atoms with Gasteiger partial charge in [0.15, 0.2) is 0 Å². The lowest BCUT2D eigenvalue weighted by molar-refractivity contribution is -0.137. The molecule has 0 bridgehead atoms. The molecule has 1 aromatic carbocycles. The van der Waals surface area contributed by atoms with E-state index in [4.69, 9.17) is 0 Å². The fraction of sp³-hybridized carbons (Fsp3) is 0.500. The summed E-state index contributed by atoms with van der Waals surface area (Å²) in [6.45, 7) is 3.35. The van der Waals surface area contributed by atoms with Gasteiger partial charge in [-0.2, -0.15) is 13.2 Å². The number of hydrogen-bond donors (Lipinski definition) is 1. The molecule has 21 heavy (non-hydrogen) atoms. The molecule has 0 spiro atoms. The summed E-state index contributed by atoms with van der Waals surface area (Å²) in [7, 11) is 0. The van der Waals surface area contributed by atoms with Crippen molar-refractivity contribution in [1.82, 2.24) is 10.2 Å². The maximum atomic E-state index is 13.8. The third kappa shape index (κ3) is 3.34. The molecule has 1 atom stereocenters. The van der Waals surface area contributed by atoms with Gasteiger partial charge in [-0.3, -0.25) is 4.79 Å². The minimum absolute atomic E-state index is 0.114. The minimum Gasteiger partial charge on any atom is -0.335 e. The Morgan fingerprint density at radius 1 is 1.43 bits per heavy atom. The predicted octanol–water partition coefficient (Wildman–Crippen LogP) is 2.67. The van der Waals surface area contributed by atoms with Crippen molar-refractivity contribution in [3.05, 3.63) is 35.1 Å². The molecule has 2 rings (SSSR count). The van der Waals surface area contributed by atoms with Crippen LogP contribution in [0.15, 0.2) is 18.2 Å². The molecular formula is C14H16F4N2O. The Kier molecular flexibility index (Phi) is 4.51. The van der Waals surface area contributed by atoms with E-state index < -0.39 is 29.0 Å². The molecule has 1 fully saturated rings. The third-order valence-corrected chi connectivity index (χ3v) is 3.60. The van der Waals surface area contributed by atoms with Crippen molar-refractivity contribution in [3.8, 4) is 0 Å². The normalized spacial score (nSPS) is 18.8. The topological polar surface area (TPSA) is 32.3 Å². The number of carbonyl (C=O) groups is 1. The highest BCUT2D eigenvalue weighted by Crippen LogP contribution is 2.30. The van der Waals surface area contributed by atoms with E-state index >= 15 is 0 Å². The second-order valence-corrected chi connectivity index (χ2v) is 4.93. The van der Waals surface area contributed by atoms with Crippen LogP contribution in [0.5, 0.6) is 0 Å². The Morgan fingerprint density at radius 3 is 2.67 bits per heavy atom. The zero-order chi connectivity index (χ0) is 15.6. The number of likely N-dealkylation sites (N-methyl/N-ethyl adjacent to an activating group) is 1. The summed E-state index contributed by atoms with van der Waals surface area (Å²) in [5.41, 5.74) is -1.55. The lowest BCUT2D eigenvalue weighted by atomic mass is 10.1. The summed E-state index contributed by atoms with van der Waals surface area (Å²) < 4.78 is 51.8. The molecule has 7 heteroatoms. The molecule has 1 aliphatic rings. The molecule has 1 amide bonds. The first kappa shape index (κ1) is 15.8. The summed E-state index contributed by atoms with van der Waals surface area (Å²) in [4.78, 5) is 13.8. The standard InChI is InChI=1S/C14H16F4N2O/c1-2-20(10-5-6-19-8-10)13(21)11-7-9(14(16,17)18)3-4-12(11)15/h3-4,7,10,19H,2,5-6,8H2,1H3. The Bertz CT molecular complexity index is 524. The van der Waals surface area contributed by atoms with E-state index in [1.807, 2.05) is 0 Å². The summed E-state index contributed by atoms with van der Waals surface area (Å²) in [5, 5.41) is 3.08. The number of nitrogens with zero attached hydrogens (tertiary/aromatic N) is 1. The summed E-state index contributed by atoms with van der Waals surface area (Å²) in [6, 6.07) is 1.80. The number of alkyl halides is 3. The van der Waals surface area contributed by atoms with Crippen LogP contribution in [-0.4, -0.2) is 36.5 Å². The van der Waals surface area contributed by atoms with E-state index in [9.17, 15) is 22.4 Å². The Morgan fingerprint density at radius 2 is 2.14 bits per heavy atom. The van der Waals surface area contributed by atoms with Crippen LogP contribution in [0.4, 0.5) is 17.6 Å². The van der Waals surface area contributed by atoms with E-state index in [-0.39, 0.29) is 6.04 Å². The molecule has 1 heterocycles. The van der Waals surface area contributed by atoms with Gasteiger partial charge in [0.05, 0.1) is 11.1 Å². The van der Waals surface area contributed by atoms with Crippen molar-refractivity contribution in [2.45, 2.75) is 25.6 Å². The lowest BCUT2D eigenvalue weighted by Gasteiger charge is -2.27. The monoisotopic (exact) mass is 304 g/mol. The number of nitrogens with one attached hydrogen (secondary N) is 1. The van der Waals surface area contributed by atoms with Gasteiger partial charge < -0.3 is 10.2 Å². The van der Waals surface area contributed by atoms with Crippen LogP contribution in [0.3, 0.4) is 0 Å². The lowest BCUT2D eigenvalue weighted by Crippen LogP contribution is -2.41. The van der Waals surface area contributed by atoms with Gasteiger partial charge in [0.1, 0.15) is 5.82 Å². The second-order valence-electron chi connectivity index (χ2n) is 4.93. The fourth-order valence-corrected chi connectivity index (χ4v) is 2.49. The quantitative estimate of drug-likeness (QED) is 0.871. The molecule has 1 aromatic rings. The largest absolute Gasteiger partial charge is 0.416 e. The Hall–Kier alpha value is -1.63. The molecule has 0 saturated carbocycles. The Labute approximate surface area is 119 Å². The fourth-order valence-electron chi connectivity index (χ4n) is 2.49. The zero-order valence-electron chi connectivity index (χ0n) is 11.5. The number of benzene rings is 1. The Balaban J connectivity index is 2.32. The van der Waals surface area contributed by atoms with Crippen LogP contribution in [0.25, 0.3) is 0 Å². The van der Waals surface area contributed by atoms with Gasteiger partial charge in [-0.25, -0.2) is 4.39 Å². The first-order valence-corrected chi connectivity index (χ1v) is 6.73. The van der Waals surface area contributed by atoms with E-state index in [2.05, 4.69) is 5.32 Å². The average molecular weight is 304 g/mol.